The summed E-state index contributed by atoms with van der Waals surface area (Å²) in [6.45, 7) is 0. The molecule has 3 aromatic rings. The van der Waals surface area contributed by atoms with Gasteiger partial charge in [-0.3, -0.25) is 0 Å². The molecule has 0 unspecified atom stereocenters. The lowest BCUT2D eigenvalue weighted by Gasteiger charge is -2.21. The molecule has 4 heteroatoms. The van der Waals surface area contributed by atoms with E-state index in [0.29, 0.717) is 0 Å². The van der Waals surface area contributed by atoms with E-state index in [1.807, 2.05) is 22.8 Å². The van der Waals surface area contributed by atoms with Gasteiger partial charge in [0.25, 0.3) is 0 Å². The highest BCUT2D eigenvalue weighted by atomic mass is 33.2. The molecule has 0 saturated heterocycles. The molecule has 0 atom stereocenters. The Labute approximate surface area is 157 Å². The average Bonchev–Trinajstić information content (AvgIpc) is 2.67. The summed E-state index contributed by atoms with van der Waals surface area (Å²) < 4.78 is -1.74. The number of rotatable bonds is 7. The van der Waals surface area contributed by atoms with Crippen molar-refractivity contribution < 1.29 is 0 Å². The van der Waals surface area contributed by atoms with E-state index in [-0.39, 0.29) is 0 Å². The van der Waals surface area contributed by atoms with Crippen LogP contribution in [0.25, 0.3) is 0 Å². The van der Waals surface area contributed by atoms with Gasteiger partial charge in [-0.05, 0) is 11.1 Å². The van der Waals surface area contributed by atoms with Crippen molar-refractivity contribution in [2.45, 2.75) is 11.5 Å². The standard InChI is InChI=1S/C20H19PS3/c22-21(20-14-8-3-9-15-20,23-16-18-10-4-1-5-11-18)24-17-19-12-6-2-7-13-19/h1-15H,16-17H2. The Morgan fingerprint density at radius 3 is 1.38 bits per heavy atom. The molecule has 0 aliphatic carbocycles. The Hall–Kier alpha value is -0.990. The highest BCUT2D eigenvalue weighted by Crippen LogP contribution is 2.69. The van der Waals surface area contributed by atoms with Crippen LogP contribution in [-0.4, -0.2) is 0 Å². The van der Waals surface area contributed by atoms with Gasteiger partial charge in [-0.1, -0.05) is 103 Å². The van der Waals surface area contributed by atoms with Crippen LogP contribution >= 0.6 is 27.2 Å². The summed E-state index contributed by atoms with van der Waals surface area (Å²) >= 11 is 10.1. The Morgan fingerprint density at radius 1 is 0.583 bits per heavy atom. The molecular formula is C20H19PS3. The maximum Gasteiger partial charge on any atom is 0.0856 e. The normalized spacial score (nSPS) is 11.3. The predicted molar refractivity (Wildman–Crippen MR) is 116 cm³/mol. The van der Waals surface area contributed by atoms with E-state index in [4.69, 9.17) is 11.8 Å². The van der Waals surface area contributed by atoms with Gasteiger partial charge in [0.05, 0.1) is 4.44 Å². The van der Waals surface area contributed by atoms with E-state index >= 15 is 0 Å². The first-order valence-electron chi connectivity index (χ1n) is 7.79. The topological polar surface area (TPSA) is 0 Å². The molecule has 0 radical (unpaired) electrons. The second-order valence-electron chi connectivity index (χ2n) is 5.35. The molecule has 0 spiro atoms. The van der Waals surface area contributed by atoms with Crippen LogP contribution in [0, 0.1) is 0 Å². The van der Waals surface area contributed by atoms with Crippen molar-refractivity contribution in [2.75, 3.05) is 0 Å². The highest BCUT2D eigenvalue weighted by Gasteiger charge is 2.21. The molecular weight excluding hydrogens is 367 g/mol. The Morgan fingerprint density at radius 2 is 0.958 bits per heavy atom. The molecule has 0 aromatic heterocycles. The molecule has 0 amide bonds. The van der Waals surface area contributed by atoms with Crippen molar-refractivity contribution in [1.82, 2.24) is 0 Å². The lowest BCUT2D eigenvalue weighted by molar-refractivity contribution is 1.42. The molecule has 122 valence electrons. The maximum absolute atomic E-state index is 6.20. The van der Waals surface area contributed by atoms with Crippen LogP contribution in [0.15, 0.2) is 91.0 Å². The second kappa shape index (κ2) is 8.92. The van der Waals surface area contributed by atoms with Gasteiger partial charge in [-0.15, -0.1) is 22.8 Å². The third kappa shape index (κ3) is 5.00. The van der Waals surface area contributed by atoms with Crippen molar-refractivity contribution >= 4 is 44.3 Å². The molecule has 3 aromatic carbocycles. The summed E-state index contributed by atoms with van der Waals surface area (Å²) in [4.78, 5) is 0. The van der Waals surface area contributed by atoms with E-state index < -0.39 is 4.44 Å². The number of hydrogen-bond acceptors (Lipinski definition) is 3. The van der Waals surface area contributed by atoms with Crippen molar-refractivity contribution in [3.05, 3.63) is 102 Å². The van der Waals surface area contributed by atoms with E-state index in [1.165, 1.54) is 16.4 Å². The van der Waals surface area contributed by atoms with Crippen LogP contribution in [0.1, 0.15) is 11.1 Å². The molecule has 0 heterocycles. The van der Waals surface area contributed by atoms with Crippen LogP contribution in [0.4, 0.5) is 0 Å². The first-order valence-corrected chi connectivity index (χ1v) is 13.8. The molecule has 0 fully saturated rings. The number of hydrogen-bond donors (Lipinski definition) is 0. The lowest BCUT2D eigenvalue weighted by atomic mass is 10.2. The van der Waals surface area contributed by atoms with Crippen molar-refractivity contribution in [2.24, 2.45) is 0 Å². The van der Waals surface area contributed by atoms with Crippen LogP contribution in [0.2, 0.25) is 0 Å². The maximum atomic E-state index is 6.20. The Balaban J connectivity index is 1.77. The van der Waals surface area contributed by atoms with Gasteiger partial charge >= 0.3 is 0 Å². The minimum atomic E-state index is -1.74. The van der Waals surface area contributed by atoms with Crippen LogP contribution in [0.5, 0.6) is 0 Å². The van der Waals surface area contributed by atoms with Gasteiger partial charge in [-0.25, -0.2) is 0 Å². The molecule has 24 heavy (non-hydrogen) atoms. The summed E-state index contributed by atoms with van der Waals surface area (Å²) in [7, 11) is 0. The molecule has 0 N–H and O–H groups in total. The summed E-state index contributed by atoms with van der Waals surface area (Å²) in [6, 6.07) is 31.9. The molecule has 0 aliphatic rings. The van der Waals surface area contributed by atoms with E-state index in [2.05, 4.69) is 91.0 Å². The Kier molecular flexibility index (Phi) is 6.62. The third-order valence-electron chi connectivity index (χ3n) is 3.56. The Bertz CT molecular complexity index is 741. The summed E-state index contributed by atoms with van der Waals surface area (Å²) in [6.07, 6.45) is 0. The fourth-order valence-corrected chi connectivity index (χ4v) is 10.9. The zero-order valence-corrected chi connectivity index (χ0v) is 16.6. The van der Waals surface area contributed by atoms with Gasteiger partial charge in [0.2, 0.25) is 0 Å². The van der Waals surface area contributed by atoms with Gasteiger partial charge in [0.1, 0.15) is 0 Å². The predicted octanol–water partition coefficient (Wildman–Crippen LogP) is 6.49. The average molecular weight is 387 g/mol. The molecule has 3 rings (SSSR count). The fraction of sp³-hybridized carbons (Fsp3) is 0.100. The second-order valence-corrected chi connectivity index (χ2v) is 16.5. The summed E-state index contributed by atoms with van der Waals surface area (Å²) in [5.74, 6) is 1.93. The van der Waals surface area contributed by atoms with Gasteiger partial charge in [0, 0.05) is 16.8 Å². The fourth-order valence-electron chi connectivity index (χ4n) is 2.26. The summed E-state index contributed by atoms with van der Waals surface area (Å²) in [5, 5.41) is 1.31. The smallest absolute Gasteiger partial charge is 0.0856 e. The van der Waals surface area contributed by atoms with Crippen molar-refractivity contribution in [3.8, 4) is 0 Å². The summed E-state index contributed by atoms with van der Waals surface area (Å²) in [5.41, 5.74) is 2.68. The van der Waals surface area contributed by atoms with Gasteiger partial charge in [0.15, 0.2) is 0 Å². The zero-order chi connectivity index (χ0) is 16.7. The van der Waals surface area contributed by atoms with Crippen LogP contribution in [0.3, 0.4) is 0 Å². The van der Waals surface area contributed by atoms with Gasteiger partial charge < -0.3 is 0 Å². The molecule has 0 nitrogen and oxygen atoms in total. The SMILES string of the molecule is S=P(SCc1ccccc1)(SCc1ccccc1)c1ccccc1. The third-order valence-corrected chi connectivity index (χ3v) is 14.6. The quantitative estimate of drug-likeness (QED) is 0.426. The van der Waals surface area contributed by atoms with Crippen LogP contribution < -0.4 is 5.30 Å². The van der Waals surface area contributed by atoms with E-state index in [1.54, 1.807) is 0 Å². The van der Waals surface area contributed by atoms with E-state index in [9.17, 15) is 0 Å². The van der Waals surface area contributed by atoms with Crippen LogP contribution in [-0.2, 0) is 23.3 Å². The molecule has 0 saturated carbocycles. The number of benzene rings is 3. The van der Waals surface area contributed by atoms with Crippen molar-refractivity contribution in [3.63, 3.8) is 0 Å². The zero-order valence-electron chi connectivity index (χ0n) is 13.2. The minimum absolute atomic E-state index is 0.967. The first-order chi connectivity index (χ1) is 11.8. The van der Waals surface area contributed by atoms with Crippen molar-refractivity contribution in [1.29, 1.82) is 0 Å². The first kappa shape index (κ1) is 17.8. The molecule has 0 bridgehead atoms. The highest BCUT2D eigenvalue weighted by molar-refractivity contribution is 9.02. The minimum Gasteiger partial charge on any atom is -0.105 e. The van der Waals surface area contributed by atoms with Gasteiger partial charge in [-0.2, -0.15) is 0 Å². The molecule has 0 aliphatic heterocycles. The monoisotopic (exact) mass is 386 g/mol. The largest absolute Gasteiger partial charge is 0.105 e. The van der Waals surface area contributed by atoms with E-state index in [0.717, 1.165) is 11.5 Å². The lowest BCUT2D eigenvalue weighted by Crippen LogP contribution is -1.99.